The van der Waals surface area contributed by atoms with E-state index in [2.05, 4.69) is 16.9 Å². The Labute approximate surface area is 128 Å². The van der Waals surface area contributed by atoms with Crippen LogP contribution in [0.1, 0.15) is 36.3 Å². The highest BCUT2D eigenvalue weighted by Crippen LogP contribution is 2.27. The smallest absolute Gasteiger partial charge is 0.341 e. The Kier molecular flexibility index (Phi) is 5.59. The molecule has 2 aromatic heterocycles. The van der Waals surface area contributed by atoms with E-state index in [0.717, 1.165) is 30.5 Å². The second kappa shape index (κ2) is 7.43. The number of hydrogen-bond donors (Lipinski definition) is 1. The molecule has 6 heteroatoms. The van der Waals surface area contributed by atoms with Gasteiger partial charge in [-0.2, -0.15) is 0 Å². The van der Waals surface area contributed by atoms with Gasteiger partial charge in [-0.1, -0.05) is 18.5 Å². The Balaban J connectivity index is 2.19. The van der Waals surface area contributed by atoms with Crippen LogP contribution in [-0.4, -0.2) is 35.8 Å². The fourth-order valence-electron chi connectivity index (χ4n) is 2.01. The highest BCUT2D eigenvalue weighted by atomic mass is 35.5. The van der Waals surface area contributed by atoms with Crippen molar-refractivity contribution >= 4 is 28.6 Å². The monoisotopic (exact) mass is 310 g/mol. The van der Waals surface area contributed by atoms with Crippen LogP contribution in [-0.2, 0) is 15.9 Å². The summed E-state index contributed by atoms with van der Waals surface area (Å²) in [6, 6.07) is 1.91. The summed E-state index contributed by atoms with van der Waals surface area (Å²) >= 11 is 6.28. The Bertz CT molecular complexity index is 625. The van der Waals surface area contributed by atoms with Gasteiger partial charge in [-0.15, -0.1) is 0 Å². The van der Waals surface area contributed by atoms with Crippen LogP contribution in [0, 0.1) is 0 Å². The quantitative estimate of drug-likeness (QED) is 0.629. The highest BCUT2D eigenvalue weighted by molar-refractivity contribution is 6.38. The minimum absolute atomic E-state index is 0.291. The number of nitrogens with zero attached hydrogens (tertiary/aromatic N) is 1. The molecule has 2 aromatic rings. The lowest BCUT2D eigenvalue weighted by Gasteiger charge is -2.03. The predicted octanol–water partition coefficient (Wildman–Crippen LogP) is 3.36. The number of fused-ring (bicyclic) bond motifs is 1. The summed E-state index contributed by atoms with van der Waals surface area (Å²) in [5.74, 6) is -0.453. The minimum Gasteiger partial charge on any atom is -0.462 e. The third kappa shape index (κ3) is 3.74. The molecular weight excluding hydrogens is 292 g/mol. The lowest BCUT2D eigenvalue weighted by molar-refractivity contribution is 0.0526. The number of hydrogen-bond acceptors (Lipinski definition) is 4. The van der Waals surface area contributed by atoms with E-state index < -0.39 is 5.97 Å². The Morgan fingerprint density at radius 2 is 2.19 bits per heavy atom. The summed E-state index contributed by atoms with van der Waals surface area (Å²) in [6.45, 7) is 5.53. The Morgan fingerprint density at radius 1 is 1.38 bits per heavy atom. The van der Waals surface area contributed by atoms with E-state index in [4.69, 9.17) is 21.1 Å². The summed E-state index contributed by atoms with van der Waals surface area (Å²) in [7, 11) is 0. The van der Waals surface area contributed by atoms with Crippen LogP contribution in [0.3, 0.4) is 0 Å². The van der Waals surface area contributed by atoms with Crippen LogP contribution in [0.4, 0.5) is 0 Å². The molecular formula is C15H19ClN2O3. The van der Waals surface area contributed by atoms with Crippen molar-refractivity contribution in [1.82, 2.24) is 9.97 Å². The Morgan fingerprint density at radius 3 is 2.90 bits per heavy atom. The fraction of sp³-hybridized carbons (Fsp3) is 0.467. The predicted molar refractivity (Wildman–Crippen MR) is 81.9 cm³/mol. The molecule has 0 aliphatic heterocycles. The second-order valence-electron chi connectivity index (χ2n) is 4.63. The molecule has 0 fully saturated rings. The van der Waals surface area contributed by atoms with E-state index in [0.29, 0.717) is 29.4 Å². The van der Waals surface area contributed by atoms with Crippen LogP contribution < -0.4 is 0 Å². The van der Waals surface area contributed by atoms with Gasteiger partial charge in [0.25, 0.3) is 0 Å². The zero-order valence-corrected chi connectivity index (χ0v) is 13.0. The molecule has 0 saturated heterocycles. The van der Waals surface area contributed by atoms with Gasteiger partial charge in [0.15, 0.2) is 0 Å². The van der Waals surface area contributed by atoms with Crippen molar-refractivity contribution in [2.45, 2.75) is 26.7 Å². The number of pyridine rings is 1. The summed E-state index contributed by atoms with van der Waals surface area (Å²) in [4.78, 5) is 19.2. The first-order chi connectivity index (χ1) is 10.2. The van der Waals surface area contributed by atoms with Crippen molar-refractivity contribution in [3.05, 3.63) is 28.5 Å². The molecule has 0 spiro atoms. The summed E-state index contributed by atoms with van der Waals surface area (Å²) < 4.78 is 10.4. The third-order valence-electron chi connectivity index (χ3n) is 3.01. The number of rotatable bonds is 7. The number of aromatic nitrogens is 2. The van der Waals surface area contributed by atoms with E-state index >= 15 is 0 Å². The van der Waals surface area contributed by atoms with E-state index in [1.54, 1.807) is 6.92 Å². The van der Waals surface area contributed by atoms with Crippen LogP contribution in [0.15, 0.2) is 12.3 Å². The maximum absolute atomic E-state index is 11.8. The molecule has 114 valence electrons. The molecule has 1 N–H and O–H groups in total. The van der Waals surface area contributed by atoms with Crippen LogP contribution >= 0.6 is 11.6 Å². The van der Waals surface area contributed by atoms with Crippen molar-refractivity contribution in [3.8, 4) is 0 Å². The number of carbonyl (C=O) groups excluding carboxylic acids is 1. The summed E-state index contributed by atoms with van der Waals surface area (Å²) in [6.07, 6.45) is 3.20. The molecule has 5 nitrogen and oxygen atoms in total. The van der Waals surface area contributed by atoms with Gasteiger partial charge in [-0.05, 0) is 19.4 Å². The van der Waals surface area contributed by atoms with Crippen molar-refractivity contribution in [2.24, 2.45) is 0 Å². The van der Waals surface area contributed by atoms with E-state index in [9.17, 15) is 4.79 Å². The molecule has 0 atom stereocenters. The van der Waals surface area contributed by atoms with Crippen molar-refractivity contribution in [3.63, 3.8) is 0 Å². The van der Waals surface area contributed by atoms with Gasteiger partial charge in [0.05, 0.1) is 23.8 Å². The van der Waals surface area contributed by atoms with Crippen molar-refractivity contribution in [2.75, 3.05) is 19.8 Å². The number of H-pyrrole nitrogens is 1. The van der Waals surface area contributed by atoms with E-state index in [1.165, 1.54) is 6.20 Å². The van der Waals surface area contributed by atoms with Gasteiger partial charge >= 0.3 is 5.97 Å². The molecule has 0 radical (unpaired) electrons. The van der Waals surface area contributed by atoms with Crippen LogP contribution in [0.5, 0.6) is 0 Å². The molecule has 0 aromatic carbocycles. The summed E-state index contributed by atoms with van der Waals surface area (Å²) in [5.41, 5.74) is 1.94. The van der Waals surface area contributed by atoms with Gasteiger partial charge < -0.3 is 14.5 Å². The van der Waals surface area contributed by atoms with Gasteiger partial charge in [0.1, 0.15) is 5.65 Å². The molecule has 2 heterocycles. The lowest BCUT2D eigenvalue weighted by atomic mass is 10.2. The highest BCUT2D eigenvalue weighted by Gasteiger charge is 2.16. The zero-order chi connectivity index (χ0) is 15.2. The Hall–Kier alpha value is -1.59. The molecule has 21 heavy (non-hydrogen) atoms. The molecule has 2 rings (SSSR count). The van der Waals surface area contributed by atoms with E-state index in [-0.39, 0.29) is 0 Å². The molecule has 0 aliphatic rings. The summed E-state index contributed by atoms with van der Waals surface area (Å²) in [5, 5.41) is 1.10. The van der Waals surface area contributed by atoms with E-state index in [1.807, 2.05) is 6.07 Å². The first-order valence-corrected chi connectivity index (χ1v) is 7.46. The normalized spacial score (nSPS) is 11.0. The first-order valence-electron chi connectivity index (χ1n) is 7.08. The van der Waals surface area contributed by atoms with Crippen molar-refractivity contribution in [1.29, 1.82) is 0 Å². The van der Waals surface area contributed by atoms with Crippen molar-refractivity contribution < 1.29 is 14.3 Å². The number of ether oxygens (including phenoxy) is 2. The maximum atomic E-state index is 11.8. The fourth-order valence-corrected chi connectivity index (χ4v) is 2.28. The second-order valence-corrected chi connectivity index (χ2v) is 5.00. The van der Waals surface area contributed by atoms with Gasteiger partial charge in [0, 0.05) is 30.3 Å². The molecule has 0 bridgehead atoms. The number of nitrogens with one attached hydrogen (secondary N) is 1. The molecule has 0 amide bonds. The zero-order valence-electron chi connectivity index (χ0n) is 12.2. The molecule has 0 saturated carbocycles. The number of aromatic amines is 1. The average molecular weight is 311 g/mol. The average Bonchev–Trinajstić information content (AvgIpc) is 2.88. The van der Waals surface area contributed by atoms with Gasteiger partial charge in [-0.25, -0.2) is 9.78 Å². The standard InChI is InChI=1S/C15H19ClN2O3/c1-3-6-20-7-5-10-8-11-13(16)12(15(19)21-4-2)9-17-14(11)18-10/h8-9H,3-7H2,1-2H3,(H,17,18). The SMILES string of the molecule is CCCOCCc1cc2c(Cl)c(C(=O)OCC)cnc2[nH]1. The van der Waals surface area contributed by atoms with Crippen LogP contribution in [0.25, 0.3) is 11.0 Å². The van der Waals surface area contributed by atoms with Crippen LogP contribution in [0.2, 0.25) is 5.02 Å². The van der Waals surface area contributed by atoms with Gasteiger partial charge in [0.2, 0.25) is 0 Å². The number of esters is 1. The molecule has 0 unspecified atom stereocenters. The lowest BCUT2D eigenvalue weighted by Crippen LogP contribution is -2.06. The largest absolute Gasteiger partial charge is 0.462 e. The van der Waals surface area contributed by atoms with Gasteiger partial charge in [-0.3, -0.25) is 0 Å². The number of carbonyl (C=O) groups is 1. The third-order valence-corrected chi connectivity index (χ3v) is 3.42. The maximum Gasteiger partial charge on any atom is 0.341 e. The first kappa shape index (κ1) is 15.8. The molecule has 0 aliphatic carbocycles. The topological polar surface area (TPSA) is 64.2 Å². The minimum atomic E-state index is -0.453. The number of halogens is 1.